The highest BCUT2D eigenvalue weighted by Crippen LogP contribution is 2.32. The molecule has 4 aromatic heterocycles. The van der Waals surface area contributed by atoms with Gasteiger partial charge in [-0.15, -0.1) is 15.3 Å². The van der Waals surface area contributed by atoms with Gasteiger partial charge >= 0.3 is 0 Å². The predicted octanol–water partition coefficient (Wildman–Crippen LogP) is 3.81. The van der Waals surface area contributed by atoms with Crippen molar-refractivity contribution in [1.82, 2.24) is 34.3 Å². The number of anilines is 4. The van der Waals surface area contributed by atoms with Crippen LogP contribution in [0.1, 0.15) is 6.92 Å². The number of hydrogen-bond donors (Lipinski definition) is 2. The lowest BCUT2D eigenvalue weighted by Crippen LogP contribution is -2.07. The molecule has 0 atom stereocenters. The van der Waals surface area contributed by atoms with Crippen molar-refractivity contribution < 1.29 is 4.74 Å². The second-order valence-corrected chi connectivity index (χ2v) is 7.02. The van der Waals surface area contributed by atoms with E-state index in [2.05, 4.69) is 35.9 Å². The van der Waals surface area contributed by atoms with Crippen molar-refractivity contribution in [1.29, 1.82) is 0 Å². The fraction of sp³-hybridized carbons (Fsp3) is 0.136. The van der Waals surface area contributed by atoms with E-state index in [1.807, 2.05) is 67.2 Å². The molecular weight excluding hydrogens is 406 g/mol. The van der Waals surface area contributed by atoms with Crippen molar-refractivity contribution in [3.8, 4) is 17.1 Å². The zero-order chi connectivity index (χ0) is 21.9. The van der Waals surface area contributed by atoms with Crippen molar-refractivity contribution in [3.05, 3.63) is 67.4 Å². The number of pyridine rings is 1. The molecule has 0 unspecified atom stereocenters. The van der Waals surface area contributed by atoms with E-state index < -0.39 is 0 Å². The summed E-state index contributed by atoms with van der Waals surface area (Å²) >= 11 is 0. The normalized spacial score (nSPS) is 10.9. The van der Waals surface area contributed by atoms with E-state index in [-0.39, 0.29) is 0 Å². The molecule has 160 valence electrons. The lowest BCUT2D eigenvalue weighted by molar-refractivity contribution is 0.342. The molecule has 0 saturated heterocycles. The molecular formula is C22H21N9O. The number of aromatic nitrogens is 7. The van der Waals surface area contributed by atoms with Gasteiger partial charge in [-0.25, -0.2) is 4.52 Å². The van der Waals surface area contributed by atoms with Crippen molar-refractivity contribution in [3.63, 3.8) is 0 Å². The van der Waals surface area contributed by atoms with Crippen LogP contribution >= 0.6 is 0 Å². The molecule has 0 spiro atoms. The maximum atomic E-state index is 5.88. The van der Waals surface area contributed by atoms with Gasteiger partial charge in [-0.05, 0) is 49.4 Å². The molecule has 0 radical (unpaired) electrons. The van der Waals surface area contributed by atoms with Crippen LogP contribution in [0.5, 0.6) is 5.75 Å². The first-order valence-electron chi connectivity index (χ1n) is 10.1. The number of ether oxygens (including phenoxy) is 1. The van der Waals surface area contributed by atoms with E-state index in [0.717, 1.165) is 28.3 Å². The summed E-state index contributed by atoms with van der Waals surface area (Å²) in [5.41, 5.74) is 3.33. The van der Waals surface area contributed by atoms with E-state index in [9.17, 15) is 0 Å². The van der Waals surface area contributed by atoms with Gasteiger partial charge in [-0.1, -0.05) is 0 Å². The molecule has 1 aromatic carbocycles. The summed E-state index contributed by atoms with van der Waals surface area (Å²) < 4.78 is 9.50. The Kier molecular flexibility index (Phi) is 5.08. The summed E-state index contributed by atoms with van der Waals surface area (Å²) in [5, 5.41) is 19.3. The third-order valence-corrected chi connectivity index (χ3v) is 4.81. The second-order valence-electron chi connectivity index (χ2n) is 7.02. The zero-order valence-corrected chi connectivity index (χ0v) is 17.6. The Labute approximate surface area is 183 Å². The van der Waals surface area contributed by atoms with Gasteiger partial charge in [0.05, 0.1) is 24.2 Å². The molecule has 0 saturated carbocycles. The highest BCUT2D eigenvalue weighted by Gasteiger charge is 2.13. The fourth-order valence-corrected chi connectivity index (χ4v) is 3.36. The van der Waals surface area contributed by atoms with Crippen LogP contribution in [0.3, 0.4) is 0 Å². The first kappa shape index (κ1) is 19.5. The number of hydrogen-bond acceptors (Lipinski definition) is 8. The van der Waals surface area contributed by atoms with Gasteiger partial charge in [0.1, 0.15) is 17.6 Å². The summed E-state index contributed by atoms with van der Waals surface area (Å²) in [4.78, 5) is 8.84. The summed E-state index contributed by atoms with van der Waals surface area (Å²) in [6.07, 6.45) is 7.01. The largest absolute Gasteiger partial charge is 0.492 e. The van der Waals surface area contributed by atoms with Crippen LogP contribution in [-0.2, 0) is 7.05 Å². The molecule has 0 fully saturated rings. The third-order valence-electron chi connectivity index (χ3n) is 4.81. The number of aryl methyl sites for hydroxylation is 1. The van der Waals surface area contributed by atoms with Gasteiger partial charge in [0.2, 0.25) is 5.95 Å². The van der Waals surface area contributed by atoms with Crippen LogP contribution in [0.4, 0.5) is 23.1 Å². The standard InChI is InChI=1S/C22H21N9O/c1-3-32-19-12-15(21-28-24-14-30(21)2)8-9-17(19)26-22-27-20(18-7-5-11-31(18)29-22)25-16-6-4-10-23-13-16/h4-14H,3H2,1-2H3,(H2,25,26,27,29). The van der Waals surface area contributed by atoms with E-state index in [1.54, 1.807) is 23.2 Å². The van der Waals surface area contributed by atoms with Crippen LogP contribution in [0.15, 0.2) is 67.4 Å². The molecule has 5 aromatic rings. The molecule has 2 N–H and O–H groups in total. The molecule has 5 rings (SSSR count). The Morgan fingerprint density at radius 3 is 2.81 bits per heavy atom. The molecule has 10 heteroatoms. The third kappa shape index (κ3) is 3.81. The SMILES string of the molecule is CCOc1cc(-c2nncn2C)ccc1Nc1nc(Nc2cccnc2)c2cccn2n1. The van der Waals surface area contributed by atoms with Gasteiger partial charge in [-0.2, -0.15) is 4.98 Å². The second kappa shape index (κ2) is 8.34. The van der Waals surface area contributed by atoms with Gasteiger partial charge in [-0.3, -0.25) is 4.98 Å². The van der Waals surface area contributed by atoms with Crippen molar-refractivity contribution in [2.75, 3.05) is 17.2 Å². The Morgan fingerprint density at radius 1 is 1.09 bits per heavy atom. The number of rotatable bonds is 7. The Bertz CT molecular complexity index is 1360. The van der Waals surface area contributed by atoms with Crippen LogP contribution in [0, 0.1) is 0 Å². The van der Waals surface area contributed by atoms with Crippen LogP contribution in [0.25, 0.3) is 16.9 Å². The number of benzene rings is 1. The van der Waals surface area contributed by atoms with E-state index in [1.165, 1.54) is 0 Å². The molecule has 4 heterocycles. The molecule has 0 aliphatic rings. The maximum absolute atomic E-state index is 5.88. The topological polar surface area (TPSA) is 107 Å². The number of fused-ring (bicyclic) bond motifs is 1. The number of nitrogens with zero attached hydrogens (tertiary/aromatic N) is 7. The van der Waals surface area contributed by atoms with Gasteiger partial charge in [0.25, 0.3) is 0 Å². The van der Waals surface area contributed by atoms with E-state index in [0.29, 0.717) is 24.1 Å². The van der Waals surface area contributed by atoms with Crippen molar-refractivity contribution in [2.24, 2.45) is 7.05 Å². The summed E-state index contributed by atoms with van der Waals surface area (Å²) in [6.45, 7) is 2.46. The zero-order valence-electron chi connectivity index (χ0n) is 17.6. The minimum atomic E-state index is 0.424. The molecule has 10 nitrogen and oxygen atoms in total. The van der Waals surface area contributed by atoms with Crippen LogP contribution in [-0.4, -0.2) is 41.0 Å². The van der Waals surface area contributed by atoms with E-state index in [4.69, 9.17) is 4.74 Å². The molecule has 0 aliphatic carbocycles. The van der Waals surface area contributed by atoms with Crippen molar-refractivity contribution >= 4 is 28.7 Å². The average Bonchev–Trinajstić information content (AvgIpc) is 3.45. The highest BCUT2D eigenvalue weighted by molar-refractivity contribution is 5.75. The van der Waals surface area contributed by atoms with Crippen molar-refractivity contribution in [2.45, 2.75) is 6.92 Å². The lowest BCUT2D eigenvalue weighted by Gasteiger charge is -2.14. The fourth-order valence-electron chi connectivity index (χ4n) is 3.36. The molecule has 0 aliphatic heterocycles. The van der Waals surface area contributed by atoms with Gasteiger partial charge in [0, 0.05) is 25.0 Å². The van der Waals surface area contributed by atoms with Crippen LogP contribution in [0.2, 0.25) is 0 Å². The quantitative estimate of drug-likeness (QED) is 0.404. The molecule has 0 amide bonds. The molecule has 0 bridgehead atoms. The predicted molar refractivity (Wildman–Crippen MR) is 121 cm³/mol. The van der Waals surface area contributed by atoms with Crippen LogP contribution < -0.4 is 15.4 Å². The lowest BCUT2D eigenvalue weighted by atomic mass is 10.1. The smallest absolute Gasteiger partial charge is 0.247 e. The molecule has 32 heavy (non-hydrogen) atoms. The Balaban J connectivity index is 1.50. The monoisotopic (exact) mass is 427 g/mol. The van der Waals surface area contributed by atoms with Gasteiger partial charge < -0.3 is 19.9 Å². The minimum absolute atomic E-state index is 0.424. The number of nitrogens with one attached hydrogen (secondary N) is 2. The first-order chi connectivity index (χ1) is 15.7. The van der Waals surface area contributed by atoms with Gasteiger partial charge in [0.15, 0.2) is 11.6 Å². The first-order valence-corrected chi connectivity index (χ1v) is 10.1. The highest BCUT2D eigenvalue weighted by atomic mass is 16.5. The maximum Gasteiger partial charge on any atom is 0.247 e. The minimum Gasteiger partial charge on any atom is -0.492 e. The summed E-state index contributed by atoms with van der Waals surface area (Å²) in [5.74, 6) is 2.51. The Hall–Kier alpha value is -4.47. The van der Waals surface area contributed by atoms with E-state index >= 15 is 0 Å². The summed E-state index contributed by atoms with van der Waals surface area (Å²) in [6, 6.07) is 13.5. The Morgan fingerprint density at radius 2 is 2.03 bits per heavy atom. The summed E-state index contributed by atoms with van der Waals surface area (Å²) in [7, 11) is 1.90. The average molecular weight is 427 g/mol.